The maximum Gasteiger partial charge on any atom is 0.187 e. The van der Waals surface area contributed by atoms with E-state index in [4.69, 9.17) is 10.2 Å². The Balaban J connectivity index is 2.26. The summed E-state index contributed by atoms with van der Waals surface area (Å²) in [5.74, 6) is 0. The van der Waals surface area contributed by atoms with E-state index in [1.54, 1.807) is 0 Å². The van der Waals surface area contributed by atoms with Gasteiger partial charge in [-0.2, -0.15) is 0 Å². The number of hydrogen-bond acceptors (Lipinski definition) is 3. The molecular formula is C9H22N2OSi. The molecule has 0 spiro atoms. The molecule has 13 heavy (non-hydrogen) atoms. The van der Waals surface area contributed by atoms with Crippen molar-refractivity contribution in [3.05, 3.63) is 0 Å². The van der Waals surface area contributed by atoms with Gasteiger partial charge in [0.15, 0.2) is 8.32 Å². The number of nitrogens with one attached hydrogen (secondary N) is 1. The molecule has 4 heteroatoms. The summed E-state index contributed by atoms with van der Waals surface area (Å²) < 4.78 is 6.04. The molecule has 1 heterocycles. The van der Waals surface area contributed by atoms with E-state index in [1.165, 1.54) is 18.9 Å². The predicted octanol–water partition coefficient (Wildman–Crippen LogP) is 1.26. The smallest absolute Gasteiger partial charge is 0.187 e. The summed E-state index contributed by atoms with van der Waals surface area (Å²) in [5, 5.41) is 3.23. The third kappa shape index (κ3) is 4.22. The van der Waals surface area contributed by atoms with E-state index in [2.05, 4.69) is 18.4 Å². The Kier molecular flexibility index (Phi) is 3.91. The lowest BCUT2D eigenvalue weighted by molar-refractivity contribution is 0.155. The van der Waals surface area contributed by atoms with Gasteiger partial charge in [0.25, 0.3) is 0 Å². The van der Waals surface area contributed by atoms with E-state index in [9.17, 15) is 0 Å². The Labute approximate surface area is 82.2 Å². The molecule has 0 aromatic rings. The molecule has 0 saturated carbocycles. The van der Waals surface area contributed by atoms with Crippen LogP contribution in [0.2, 0.25) is 19.1 Å². The molecule has 0 radical (unpaired) electrons. The van der Waals surface area contributed by atoms with Gasteiger partial charge in [-0.1, -0.05) is 6.42 Å². The molecule has 3 N–H and O–H groups in total. The fraction of sp³-hybridized carbons (Fsp3) is 1.00. The van der Waals surface area contributed by atoms with E-state index in [1.807, 2.05) is 6.92 Å². The topological polar surface area (TPSA) is 47.3 Å². The van der Waals surface area contributed by atoms with Crippen LogP contribution in [-0.2, 0) is 4.43 Å². The van der Waals surface area contributed by atoms with Crippen molar-refractivity contribution in [1.82, 2.24) is 5.32 Å². The van der Waals surface area contributed by atoms with Crippen LogP contribution < -0.4 is 11.1 Å². The first kappa shape index (κ1) is 11.2. The summed E-state index contributed by atoms with van der Waals surface area (Å²) in [6.07, 6.45) is 3.00. The van der Waals surface area contributed by atoms with Gasteiger partial charge in [-0.25, -0.2) is 0 Å². The molecule has 1 aliphatic rings. The van der Waals surface area contributed by atoms with Crippen LogP contribution in [0.25, 0.3) is 0 Å². The molecular weight excluding hydrogens is 180 g/mol. The van der Waals surface area contributed by atoms with Crippen molar-refractivity contribution < 1.29 is 4.43 Å². The Morgan fingerprint density at radius 3 is 2.85 bits per heavy atom. The van der Waals surface area contributed by atoms with Crippen LogP contribution >= 0.6 is 0 Å². The number of hydrogen-bond donors (Lipinski definition) is 2. The van der Waals surface area contributed by atoms with Crippen LogP contribution in [0, 0.1) is 0 Å². The van der Waals surface area contributed by atoms with Crippen molar-refractivity contribution in [3.8, 4) is 0 Å². The monoisotopic (exact) mass is 202 g/mol. The molecule has 0 aromatic heterocycles. The average molecular weight is 202 g/mol. The van der Waals surface area contributed by atoms with Gasteiger partial charge in [0.05, 0.1) is 12.3 Å². The summed E-state index contributed by atoms with van der Waals surface area (Å²) in [5.41, 5.74) is 5.62. The molecule has 3 nitrogen and oxygen atoms in total. The third-order valence-corrected chi connectivity index (χ3v) is 4.99. The van der Waals surface area contributed by atoms with Crippen molar-refractivity contribution in [1.29, 1.82) is 0 Å². The van der Waals surface area contributed by atoms with Crippen LogP contribution in [0.5, 0.6) is 0 Å². The zero-order valence-electron chi connectivity index (χ0n) is 8.97. The van der Waals surface area contributed by atoms with Crippen molar-refractivity contribution >= 4 is 8.32 Å². The highest BCUT2D eigenvalue weighted by molar-refractivity contribution is 6.71. The predicted molar refractivity (Wildman–Crippen MR) is 58.0 cm³/mol. The maximum atomic E-state index is 6.04. The summed E-state index contributed by atoms with van der Waals surface area (Å²) >= 11 is 0. The Hall–Kier alpha value is 0.0969. The van der Waals surface area contributed by atoms with Crippen LogP contribution in [0.15, 0.2) is 0 Å². The highest BCUT2D eigenvalue weighted by Gasteiger charge is 2.30. The molecule has 2 atom stereocenters. The quantitative estimate of drug-likeness (QED) is 0.535. The molecule has 1 rings (SSSR count). The molecule has 0 amide bonds. The minimum atomic E-state index is -1.31. The number of rotatable bonds is 3. The lowest BCUT2D eigenvalue weighted by atomic mass is 10.2. The lowest BCUT2D eigenvalue weighted by Gasteiger charge is -2.35. The molecule has 2 unspecified atom stereocenters. The molecule has 0 bridgehead atoms. The van der Waals surface area contributed by atoms with Gasteiger partial charge in [-0.15, -0.1) is 0 Å². The fourth-order valence-corrected chi connectivity index (χ4v) is 4.06. The van der Waals surface area contributed by atoms with E-state index in [-0.39, 0.29) is 6.17 Å². The summed E-state index contributed by atoms with van der Waals surface area (Å²) in [6.45, 7) is 7.47. The maximum absolute atomic E-state index is 6.04. The van der Waals surface area contributed by atoms with Crippen molar-refractivity contribution in [3.63, 3.8) is 0 Å². The van der Waals surface area contributed by atoms with Crippen LogP contribution in [0.4, 0.5) is 0 Å². The molecule has 78 valence electrons. The van der Waals surface area contributed by atoms with Crippen LogP contribution in [0.3, 0.4) is 0 Å². The van der Waals surface area contributed by atoms with Gasteiger partial charge in [-0.3, -0.25) is 5.32 Å². The Morgan fingerprint density at radius 1 is 1.62 bits per heavy atom. The molecule has 0 aromatic carbocycles. The second-order valence-electron chi connectivity index (χ2n) is 4.59. The number of nitrogens with two attached hydrogens (primary N) is 1. The summed E-state index contributed by atoms with van der Waals surface area (Å²) in [4.78, 5) is 0. The van der Waals surface area contributed by atoms with Crippen LogP contribution in [-0.4, -0.2) is 27.1 Å². The summed E-state index contributed by atoms with van der Waals surface area (Å²) in [6, 6.07) is 1.31. The van der Waals surface area contributed by atoms with Gasteiger partial charge < -0.3 is 10.2 Å². The second-order valence-corrected chi connectivity index (χ2v) is 8.84. The molecule has 1 saturated heterocycles. The summed E-state index contributed by atoms with van der Waals surface area (Å²) in [7, 11) is -1.31. The zero-order valence-corrected chi connectivity index (χ0v) is 9.97. The fourth-order valence-electron chi connectivity index (χ4n) is 1.79. The van der Waals surface area contributed by atoms with Crippen LogP contribution in [0.1, 0.15) is 19.8 Å². The lowest BCUT2D eigenvalue weighted by Crippen LogP contribution is -2.46. The molecule has 1 aliphatic heterocycles. The van der Waals surface area contributed by atoms with Crippen molar-refractivity contribution in [2.75, 3.05) is 6.54 Å². The largest absolute Gasteiger partial charge is 0.413 e. The average Bonchev–Trinajstić information content (AvgIpc) is 1.99. The van der Waals surface area contributed by atoms with E-state index in [0.29, 0.717) is 6.10 Å². The van der Waals surface area contributed by atoms with Gasteiger partial charge in [0.2, 0.25) is 0 Å². The minimum Gasteiger partial charge on any atom is -0.413 e. The normalized spacial score (nSPS) is 30.0. The highest BCUT2D eigenvalue weighted by Crippen LogP contribution is 2.25. The second kappa shape index (κ2) is 4.55. The van der Waals surface area contributed by atoms with Crippen molar-refractivity contribution in [2.45, 2.75) is 51.2 Å². The van der Waals surface area contributed by atoms with E-state index >= 15 is 0 Å². The third-order valence-electron chi connectivity index (χ3n) is 2.46. The zero-order chi connectivity index (χ0) is 9.90. The van der Waals surface area contributed by atoms with Crippen molar-refractivity contribution in [2.24, 2.45) is 5.73 Å². The minimum absolute atomic E-state index is 0.0790. The SMILES string of the molecule is CC(N)NCC1CCC[Si](C)(C)O1. The highest BCUT2D eigenvalue weighted by atomic mass is 28.4. The Morgan fingerprint density at radius 2 is 2.31 bits per heavy atom. The standard InChI is InChI=1S/C9H22N2OSi/c1-8(10)11-7-9-5-4-6-13(2,3)12-9/h8-9,11H,4-7,10H2,1-3H3. The molecule has 1 fully saturated rings. The van der Waals surface area contributed by atoms with E-state index in [0.717, 1.165) is 6.54 Å². The van der Waals surface area contributed by atoms with Gasteiger partial charge >= 0.3 is 0 Å². The first-order valence-electron chi connectivity index (χ1n) is 5.16. The van der Waals surface area contributed by atoms with E-state index < -0.39 is 8.32 Å². The van der Waals surface area contributed by atoms with Gasteiger partial charge in [-0.05, 0) is 32.5 Å². The first-order chi connectivity index (χ1) is 5.99. The molecule has 0 aliphatic carbocycles. The van der Waals surface area contributed by atoms with Gasteiger partial charge in [0, 0.05) is 6.54 Å². The Bertz CT molecular complexity index is 162. The van der Waals surface area contributed by atoms with Gasteiger partial charge in [0.1, 0.15) is 0 Å². The first-order valence-corrected chi connectivity index (χ1v) is 8.28.